The number of nitrogens with one attached hydrogen (secondary N) is 1. The number of nitro groups is 1. The van der Waals surface area contributed by atoms with Crippen LogP contribution in [0.15, 0.2) is 18.3 Å². The van der Waals surface area contributed by atoms with Gasteiger partial charge in [0.25, 0.3) is 0 Å². The molecule has 116 valence electrons. The Hall–Kier alpha value is -2.75. The first-order valence-corrected chi connectivity index (χ1v) is 6.95. The maximum Gasteiger partial charge on any atom is 0.381 e. The van der Waals surface area contributed by atoms with Gasteiger partial charge in [-0.3, -0.25) is 9.36 Å². The lowest BCUT2D eigenvalue weighted by Gasteiger charge is -2.04. The van der Waals surface area contributed by atoms with Gasteiger partial charge in [0.2, 0.25) is 11.7 Å². The number of hydrogen-bond donors (Lipinski definition) is 2. The Morgan fingerprint density at radius 3 is 2.77 bits per heavy atom. The van der Waals surface area contributed by atoms with Crippen LogP contribution in [0, 0.1) is 17.0 Å². The zero-order valence-electron chi connectivity index (χ0n) is 11.5. The van der Waals surface area contributed by atoms with Crippen LogP contribution in [0.5, 0.6) is 0 Å². The summed E-state index contributed by atoms with van der Waals surface area (Å²) in [6.07, 6.45) is 1.20. The topological polar surface area (TPSA) is 127 Å². The molecule has 1 amide bonds. The highest BCUT2D eigenvalue weighted by molar-refractivity contribution is 7.13. The van der Waals surface area contributed by atoms with Crippen molar-refractivity contribution < 1.29 is 19.6 Å². The summed E-state index contributed by atoms with van der Waals surface area (Å²) >= 11 is 1.08. The molecule has 0 saturated carbocycles. The van der Waals surface area contributed by atoms with Gasteiger partial charge in [-0.2, -0.15) is 0 Å². The number of carboxylic acids is 1. The Morgan fingerprint density at radius 1 is 1.50 bits per heavy atom. The van der Waals surface area contributed by atoms with E-state index in [2.05, 4.69) is 10.3 Å². The van der Waals surface area contributed by atoms with Crippen LogP contribution in [-0.4, -0.2) is 31.5 Å². The third kappa shape index (κ3) is 3.67. The van der Waals surface area contributed by atoms with Crippen LogP contribution in [0.25, 0.3) is 0 Å². The van der Waals surface area contributed by atoms with Gasteiger partial charge in [0, 0.05) is 11.8 Å². The number of amides is 1. The van der Waals surface area contributed by atoms with Crippen molar-refractivity contribution >= 4 is 29.0 Å². The summed E-state index contributed by atoms with van der Waals surface area (Å²) in [5.74, 6) is -1.30. The molecular weight excluding hydrogens is 312 g/mol. The first kappa shape index (κ1) is 15.6. The van der Waals surface area contributed by atoms with E-state index >= 15 is 0 Å². The second-order valence-electron chi connectivity index (χ2n) is 4.38. The first-order valence-electron chi connectivity index (χ1n) is 6.13. The third-order valence-electron chi connectivity index (χ3n) is 2.80. The fourth-order valence-electron chi connectivity index (χ4n) is 1.72. The second kappa shape index (κ2) is 6.35. The number of aromatic nitrogens is 2. The lowest BCUT2D eigenvalue weighted by atomic mass is 10.4. The Bertz CT molecular complexity index is 736. The third-order valence-corrected chi connectivity index (χ3v) is 3.87. The van der Waals surface area contributed by atoms with Gasteiger partial charge in [-0.15, -0.1) is 11.3 Å². The highest BCUT2D eigenvalue weighted by Crippen LogP contribution is 2.16. The minimum Gasteiger partial charge on any atom is -0.477 e. The summed E-state index contributed by atoms with van der Waals surface area (Å²) in [6.45, 7) is 1.68. The van der Waals surface area contributed by atoms with E-state index in [1.165, 1.54) is 16.8 Å². The van der Waals surface area contributed by atoms with Gasteiger partial charge < -0.3 is 20.5 Å². The number of nitrogens with zero attached hydrogens (tertiary/aromatic N) is 3. The smallest absolute Gasteiger partial charge is 0.381 e. The first-order chi connectivity index (χ1) is 10.4. The van der Waals surface area contributed by atoms with Gasteiger partial charge in [-0.05, 0) is 22.0 Å². The van der Waals surface area contributed by atoms with Crippen molar-refractivity contribution in [2.75, 3.05) is 0 Å². The van der Waals surface area contributed by atoms with Crippen molar-refractivity contribution in [1.82, 2.24) is 14.9 Å². The average Bonchev–Trinajstić information content (AvgIpc) is 3.04. The van der Waals surface area contributed by atoms with E-state index in [1.807, 2.05) is 0 Å². The molecule has 0 aliphatic rings. The largest absolute Gasteiger partial charge is 0.477 e. The van der Waals surface area contributed by atoms with Crippen LogP contribution >= 0.6 is 11.3 Å². The van der Waals surface area contributed by atoms with Crippen LogP contribution in [0.2, 0.25) is 0 Å². The van der Waals surface area contributed by atoms with Gasteiger partial charge in [0.1, 0.15) is 17.6 Å². The molecule has 0 unspecified atom stereocenters. The Morgan fingerprint density at radius 2 is 2.23 bits per heavy atom. The molecule has 0 bridgehead atoms. The highest BCUT2D eigenvalue weighted by Gasteiger charge is 2.17. The molecule has 9 nitrogen and oxygen atoms in total. The van der Waals surface area contributed by atoms with Gasteiger partial charge in [-0.1, -0.05) is 0 Å². The number of thiophene rings is 1. The zero-order valence-corrected chi connectivity index (χ0v) is 12.3. The molecule has 0 aromatic carbocycles. The number of hydrogen-bond acceptors (Lipinski definition) is 6. The molecular formula is C12H12N4O5S. The maximum atomic E-state index is 11.8. The second-order valence-corrected chi connectivity index (χ2v) is 5.55. The Kier molecular flexibility index (Phi) is 4.51. The minimum absolute atomic E-state index is 0.0934. The molecule has 2 heterocycles. The molecule has 2 aromatic heterocycles. The molecule has 0 spiro atoms. The summed E-state index contributed by atoms with van der Waals surface area (Å²) in [5.41, 5.74) is 0. The Labute approximate surface area is 128 Å². The van der Waals surface area contributed by atoms with E-state index in [4.69, 9.17) is 5.11 Å². The number of aromatic carboxylic acids is 1. The predicted octanol–water partition coefficient (Wildman–Crippen LogP) is 1.18. The fraction of sp³-hybridized carbons (Fsp3) is 0.250. The molecule has 0 aliphatic heterocycles. The Balaban J connectivity index is 1.92. The number of rotatable bonds is 6. The predicted molar refractivity (Wildman–Crippen MR) is 76.7 cm³/mol. The van der Waals surface area contributed by atoms with Gasteiger partial charge >= 0.3 is 11.8 Å². The van der Waals surface area contributed by atoms with E-state index < -0.39 is 10.9 Å². The highest BCUT2D eigenvalue weighted by atomic mass is 32.1. The number of aryl methyl sites for hydroxylation is 1. The van der Waals surface area contributed by atoms with Gasteiger partial charge in [0.05, 0.1) is 6.54 Å². The standard InChI is InChI=1S/C12H12N4O5S/c1-7-14-10(16(20)21)5-15(7)6-11(17)13-4-8-2-3-9(22-8)12(18)19/h2-3,5H,4,6H2,1H3,(H,13,17)(H,18,19). The molecule has 0 atom stereocenters. The SMILES string of the molecule is Cc1nc([N+](=O)[O-])cn1CC(=O)NCc1ccc(C(=O)O)s1. The monoisotopic (exact) mass is 324 g/mol. The molecule has 0 saturated heterocycles. The van der Waals surface area contributed by atoms with E-state index in [0.29, 0.717) is 10.7 Å². The molecule has 0 aliphatic carbocycles. The quantitative estimate of drug-likeness (QED) is 0.606. The molecule has 2 aromatic rings. The zero-order chi connectivity index (χ0) is 16.3. The van der Waals surface area contributed by atoms with Crippen LogP contribution in [0.4, 0.5) is 5.82 Å². The fourth-order valence-corrected chi connectivity index (χ4v) is 2.51. The average molecular weight is 324 g/mol. The van der Waals surface area contributed by atoms with Crippen molar-refractivity contribution in [3.8, 4) is 0 Å². The lowest BCUT2D eigenvalue weighted by molar-refractivity contribution is -0.389. The summed E-state index contributed by atoms with van der Waals surface area (Å²) < 4.78 is 1.38. The summed E-state index contributed by atoms with van der Waals surface area (Å²) in [6, 6.07) is 3.10. The number of carboxylic acid groups (broad SMARTS) is 1. The number of carbonyl (C=O) groups excluding carboxylic acids is 1. The molecule has 22 heavy (non-hydrogen) atoms. The molecule has 0 radical (unpaired) electrons. The summed E-state index contributed by atoms with van der Waals surface area (Å²) in [5, 5.41) is 22.0. The van der Waals surface area contributed by atoms with Crippen molar-refractivity contribution in [2.45, 2.75) is 20.0 Å². The molecule has 0 fully saturated rings. The van der Waals surface area contributed by atoms with Crippen molar-refractivity contribution in [1.29, 1.82) is 0 Å². The summed E-state index contributed by atoms with van der Waals surface area (Å²) in [7, 11) is 0. The normalized spacial score (nSPS) is 10.4. The van der Waals surface area contributed by atoms with Crippen LogP contribution in [0.1, 0.15) is 20.4 Å². The number of carbonyl (C=O) groups is 2. The molecule has 10 heteroatoms. The van der Waals surface area contributed by atoms with Crippen LogP contribution < -0.4 is 5.32 Å². The van der Waals surface area contributed by atoms with Crippen LogP contribution in [-0.2, 0) is 17.9 Å². The van der Waals surface area contributed by atoms with Crippen molar-refractivity contribution in [2.24, 2.45) is 0 Å². The van der Waals surface area contributed by atoms with Crippen molar-refractivity contribution in [3.63, 3.8) is 0 Å². The molecule has 2 N–H and O–H groups in total. The van der Waals surface area contributed by atoms with Crippen molar-refractivity contribution in [3.05, 3.63) is 44.0 Å². The van der Waals surface area contributed by atoms with Gasteiger partial charge in [0.15, 0.2) is 0 Å². The van der Waals surface area contributed by atoms with E-state index in [9.17, 15) is 19.7 Å². The van der Waals surface area contributed by atoms with E-state index in [0.717, 1.165) is 11.3 Å². The summed E-state index contributed by atoms with van der Waals surface area (Å²) in [4.78, 5) is 37.2. The van der Waals surface area contributed by atoms with E-state index in [-0.39, 0.29) is 29.7 Å². The minimum atomic E-state index is -1.01. The van der Waals surface area contributed by atoms with Crippen LogP contribution in [0.3, 0.4) is 0 Å². The number of imidazole rings is 1. The van der Waals surface area contributed by atoms with E-state index in [1.54, 1.807) is 13.0 Å². The molecule has 2 rings (SSSR count). The maximum absolute atomic E-state index is 11.8. The van der Waals surface area contributed by atoms with Gasteiger partial charge in [-0.25, -0.2) is 4.79 Å². The lowest BCUT2D eigenvalue weighted by Crippen LogP contribution is -2.26.